The molecule has 1 rings (SSSR count). The zero-order valence-electron chi connectivity index (χ0n) is 10.1. The molecule has 0 spiro atoms. The van der Waals surface area contributed by atoms with E-state index >= 15 is 0 Å². The summed E-state index contributed by atoms with van der Waals surface area (Å²) in [5.74, 6) is -0.170. The Hall–Kier alpha value is -1.36. The largest absolute Gasteiger partial charge is 0.497 e. The third-order valence-electron chi connectivity index (χ3n) is 2.39. The Labute approximate surface area is 103 Å². The number of benzene rings is 1. The van der Waals surface area contributed by atoms with Crippen molar-refractivity contribution in [3.63, 3.8) is 0 Å². The van der Waals surface area contributed by atoms with E-state index in [0.29, 0.717) is 10.6 Å². The minimum atomic E-state index is -1.32. The molecule has 0 saturated heterocycles. The molecule has 17 heavy (non-hydrogen) atoms. The Morgan fingerprint density at radius 3 is 2.29 bits per heavy atom. The molecule has 0 aliphatic rings. The highest BCUT2D eigenvalue weighted by atomic mass is 32.2. The maximum atomic E-state index is 12.0. The minimum Gasteiger partial charge on any atom is -0.497 e. The van der Waals surface area contributed by atoms with E-state index in [1.54, 1.807) is 45.2 Å². The van der Waals surface area contributed by atoms with Gasteiger partial charge in [0.15, 0.2) is 0 Å². The van der Waals surface area contributed by atoms with Gasteiger partial charge >= 0.3 is 5.97 Å². The third kappa shape index (κ3) is 3.56. The van der Waals surface area contributed by atoms with Crippen LogP contribution in [0.15, 0.2) is 29.2 Å². The van der Waals surface area contributed by atoms with Crippen molar-refractivity contribution in [2.24, 2.45) is 5.41 Å². The van der Waals surface area contributed by atoms with Crippen molar-refractivity contribution >= 4 is 16.8 Å². The highest BCUT2D eigenvalue weighted by molar-refractivity contribution is 7.85. The lowest BCUT2D eigenvalue weighted by atomic mass is 9.97. The van der Waals surface area contributed by atoms with Crippen LogP contribution in [0.25, 0.3) is 0 Å². The molecule has 0 amide bonds. The molecule has 1 unspecified atom stereocenters. The van der Waals surface area contributed by atoms with Crippen molar-refractivity contribution in [3.05, 3.63) is 24.3 Å². The van der Waals surface area contributed by atoms with Gasteiger partial charge in [-0.2, -0.15) is 0 Å². The molecule has 1 aromatic carbocycles. The summed E-state index contributed by atoms with van der Waals surface area (Å²) in [5, 5.41) is 8.96. The summed E-state index contributed by atoms with van der Waals surface area (Å²) in [6, 6.07) is 6.79. The van der Waals surface area contributed by atoms with E-state index in [1.807, 2.05) is 0 Å². The number of rotatable bonds is 5. The van der Waals surface area contributed by atoms with Gasteiger partial charge in [-0.25, -0.2) is 0 Å². The average Bonchev–Trinajstić information content (AvgIpc) is 2.28. The van der Waals surface area contributed by atoms with E-state index in [9.17, 15) is 9.00 Å². The van der Waals surface area contributed by atoms with E-state index in [2.05, 4.69) is 0 Å². The zero-order valence-corrected chi connectivity index (χ0v) is 10.9. The lowest BCUT2D eigenvalue weighted by Gasteiger charge is -2.18. The molecule has 0 bridgehead atoms. The normalized spacial score (nSPS) is 13.1. The fourth-order valence-electron chi connectivity index (χ4n) is 1.20. The molecule has 0 aliphatic carbocycles. The van der Waals surface area contributed by atoms with Crippen molar-refractivity contribution in [1.29, 1.82) is 0 Å². The second kappa shape index (κ2) is 5.31. The fourth-order valence-corrected chi connectivity index (χ4v) is 2.59. The highest BCUT2D eigenvalue weighted by Gasteiger charge is 2.29. The molecule has 1 aromatic rings. The van der Waals surface area contributed by atoms with Crippen LogP contribution < -0.4 is 4.74 Å². The Bertz CT molecular complexity index is 423. The second-order valence-electron chi connectivity index (χ2n) is 4.35. The van der Waals surface area contributed by atoms with Crippen LogP contribution in [0.5, 0.6) is 5.75 Å². The van der Waals surface area contributed by atoms with E-state index in [0.717, 1.165) is 0 Å². The standard InChI is InChI=1S/C12H16O4S/c1-12(2,11(13)14)8-17(15)10-6-4-9(16-3)5-7-10/h4-7H,8H2,1-3H3,(H,13,14). The van der Waals surface area contributed by atoms with Crippen LogP contribution in [0.1, 0.15) is 13.8 Å². The zero-order chi connectivity index (χ0) is 13.1. The second-order valence-corrected chi connectivity index (χ2v) is 5.81. The molecule has 1 N–H and O–H groups in total. The van der Waals surface area contributed by atoms with Crippen molar-refractivity contribution in [2.75, 3.05) is 12.9 Å². The summed E-state index contributed by atoms with van der Waals surface area (Å²) in [7, 11) is 0.235. The maximum Gasteiger partial charge on any atom is 0.310 e. The van der Waals surface area contributed by atoms with Gasteiger partial charge in [-0.15, -0.1) is 0 Å². The van der Waals surface area contributed by atoms with Gasteiger partial charge < -0.3 is 9.84 Å². The van der Waals surface area contributed by atoms with Crippen molar-refractivity contribution in [3.8, 4) is 5.75 Å². The molecule has 4 nitrogen and oxygen atoms in total. The summed E-state index contributed by atoms with van der Waals surface area (Å²) in [6.45, 7) is 3.13. The van der Waals surface area contributed by atoms with Crippen LogP contribution in [0.3, 0.4) is 0 Å². The summed E-state index contributed by atoms with van der Waals surface area (Å²) in [4.78, 5) is 11.5. The van der Waals surface area contributed by atoms with Crippen molar-refractivity contribution in [1.82, 2.24) is 0 Å². The van der Waals surface area contributed by atoms with Gasteiger partial charge in [0, 0.05) is 10.6 Å². The predicted octanol–water partition coefficient (Wildman–Crippen LogP) is 1.91. The number of hydrogen-bond donors (Lipinski definition) is 1. The Morgan fingerprint density at radius 2 is 1.88 bits per heavy atom. The number of carbonyl (C=O) groups is 1. The lowest BCUT2D eigenvalue weighted by molar-refractivity contribution is -0.145. The SMILES string of the molecule is COc1ccc(S(=O)CC(C)(C)C(=O)O)cc1. The number of methoxy groups -OCH3 is 1. The van der Waals surface area contributed by atoms with Crippen LogP contribution in [0.2, 0.25) is 0 Å². The van der Waals surface area contributed by atoms with Crippen LogP contribution in [-0.4, -0.2) is 28.1 Å². The van der Waals surface area contributed by atoms with Gasteiger partial charge in [-0.1, -0.05) is 0 Å². The minimum absolute atomic E-state index is 0.0919. The molecular weight excluding hydrogens is 240 g/mol. The summed E-state index contributed by atoms with van der Waals surface area (Å²) >= 11 is 0. The highest BCUT2D eigenvalue weighted by Crippen LogP contribution is 2.21. The average molecular weight is 256 g/mol. The van der Waals surface area contributed by atoms with Gasteiger partial charge in [-0.05, 0) is 38.1 Å². The molecule has 0 aromatic heterocycles. The first kappa shape index (κ1) is 13.7. The number of aliphatic carboxylic acids is 1. The maximum absolute atomic E-state index is 12.0. The summed E-state index contributed by atoms with van der Waals surface area (Å²) in [6.07, 6.45) is 0. The molecule has 94 valence electrons. The Kier molecular flexibility index (Phi) is 4.28. The Morgan fingerprint density at radius 1 is 1.35 bits per heavy atom. The molecule has 5 heteroatoms. The van der Waals surface area contributed by atoms with Crippen molar-refractivity contribution < 1.29 is 18.8 Å². The van der Waals surface area contributed by atoms with E-state index < -0.39 is 22.2 Å². The summed E-state index contributed by atoms with van der Waals surface area (Å²) in [5.41, 5.74) is -0.995. The first-order valence-corrected chi connectivity index (χ1v) is 6.44. The van der Waals surface area contributed by atoms with Crippen molar-refractivity contribution in [2.45, 2.75) is 18.7 Å². The molecule has 0 aliphatic heterocycles. The number of carboxylic acid groups (broad SMARTS) is 1. The molecule has 0 heterocycles. The molecule has 0 radical (unpaired) electrons. The van der Waals surface area contributed by atoms with Crippen LogP contribution in [-0.2, 0) is 15.6 Å². The number of carboxylic acids is 1. The predicted molar refractivity (Wildman–Crippen MR) is 65.7 cm³/mol. The third-order valence-corrected chi connectivity index (χ3v) is 4.18. The molecule has 1 atom stereocenters. The van der Waals surface area contributed by atoms with E-state index in [-0.39, 0.29) is 5.75 Å². The molecule has 0 fully saturated rings. The Balaban J connectivity index is 2.80. The van der Waals surface area contributed by atoms with Gasteiger partial charge in [0.05, 0.1) is 23.3 Å². The van der Waals surface area contributed by atoms with Crippen LogP contribution in [0.4, 0.5) is 0 Å². The van der Waals surface area contributed by atoms with E-state index in [4.69, 9.17) is 9.84 Å². The van der Waals surface area contributed by atoms with Gasteiger partial charge in [0.25, 0.3) is 0 Å². The molecule has 0 saturated carbocycles. The monoisotopic (exact) mass is 256 g/mol. The topological polar surface area (TPSA) is 63.6 Å². The smallest absolute Gasteiger partial charge is 0.310 e. The quantitative estimate of drug-likeness (QED) is 0.874. The first-order valence-electron chi connectivity index (χ1n) is 5.12. The molecular formula is C12H16O4S. The van der Waals surface area contributed by atoms with Gasteiger partial charge in [0.2, 0.25) is 0 Å². The van der Waals surface area contributed by atoms with Gasteiger partial charge in [0.1, 0.15) is 5.75 Å². The fraction of sp³-hybridized carbons (Fsp3) is 0.417. The number of ether oxygens (including phenoxy) is 1. The first-order chi connectivity index (χ1) is 7.86. The van der Waals surface area contributed by atoms with Gasteiger partial charge in [-0.3, -0.25) is 9.00 Å². The van der Waals surface area contributed by atoms with Crippen LogP contribution in [0, 0.1) is 5.41 Å². The summed E-state index contributed by atoms with van der Waals surface area (Å²) < 4.78 is 17.0. The lowest BCUT2D eigenvalue weighted by Crippen LogP contribution is -2.30. The van der Waals surface area contributed by atoms with E-state index in [1.165, 1.54) is 0 Å². The van der Waals surface area contributed by atoms with Crippen LogP contribution >= 0.6 is 0 Å². The number of hydrogen-bond acceptors (Lipinski definition) is 3.